The first-order valence-corrected chi connectivity index (χ1v) is 9.03. The number of anilines is 1. The molecule has 27 heavy (non-hydrogen) atoms. The van der Waals surface area contributed by atoms with Gasteiger partial charge in [-0.1, -0.05) is 18.2 Å². The largest absolute Gasteiger partial charge is 0.383 e. The Morgan fingerprint density at radius 1 is 1.26 bits per heavy atom. The number of ether oxygens (including phenoxy) is 1. The summed E-state index contributed by atoms with van der Waals surface area (Å²) < 4.78 is 6.82. The van der Waals surface area contributed by atoms with Crippen molar-refractivity contribution in [3.8, 4) is 5.69 Å². The normalized spacial score (nSPS) is 15.0. The van der Waals surface area contributed by atoms with Gasteiger partial charge in [0.2, 0.25) is 5.91 Å². The van der Waals surface area contributed by atoms with Gasteiger partial charge in [0.1, 0.15) is 6.54 Å². The zero-order valence-corrected chi connectivity index (χ0v) is 15.7. The van der Waals surface area contributed by atoms with E-state index in [0.717, 1.165) is 17.8 Å². The highest BCUT2D eigenvalue weighted by Crippen LogP contribution is 2.19. The lowest BCUT2D eigenvalue weighted by atomic mass is 10.3. The second kappa shape index (κ2) is 8.68. The van der Waals surface area contributed by atoms with Crippen LogP contribution in [0.1, 0.15) is 12.1 Å². The quantitative estimate of drug-likeness (QED) is 0.870. The zero-order valence-electron chi connectivity index (χ0n) is 15.7. The molecule has 2 heterocycles. The van der Waals surface area contributed by atoms with Gasteiger partial charge in [-0.15, -0.1) is 0 Å². The molecule has 1 aromatic heterocycles. The molecule has 1 N–H and O–H groups in total. The Labute approximate surface area is 158 Å². The van der Waals surface area contributed by atoms with Crippen LogP contribution in [0.15, 0.2) is 36.5 Å². The monoisotopic (exact) mass is 371 g/mol. The number of rotatable bonds is 5. The molecule has 0 radical (unpaired) electrons. The van der Waals surface area contributed by atoms with E-state index in [-0.39, 0.29) is 18.5 Å². The van der Waals surface area contributed by atoms with Crippen molar-refractivity contribution in [1.29, 1.82) is 0 Å². The molecule has 0 bridgehead atoms. The number of methoxy groups -OCH3 is 1. The molecule has 0 saturated carbocycles. The smallest absolute Gasteiger partial charge is 0.322 e. The first kappa shape index (κ1) is 18.9. The molecule has 1 aliphatic heterocycles. The van der Waals surface area contributed by atoms with Crippen LogP contribution in [0.2, 0.25) is 0 Å². The average Bonchev–Trinajstić information content (AvgIpc) is 2.92. The van der Waals surface area contributed by atoms with E-state index in [1.807, 2.05) is 37.3 Å². The molecule has 0 spiro atoms. The SMILES string of the molecule is COCCN1CCCN(C(=O)Nc2cnn(-c3ccccc3)c2C)CC1=O. The summed E-state index contributed by atoms with van der Waals surface area (Å²) in [5.74, 6) is -0.0589. The predicted molar refractivity (Wildman–Crippen MR) is 102 cm³/mol. The Hall–Kier alpha value is -2.87. The fourth-order valence-electron chi connectivity index (χ4n) is 3.09. The first-order valence-electron chi connectivity index (χ1n) is 9.03. The highest BCUT2D eigenvalue weighted by atomic mass is 16.5. The van der Waals surface area contributed by atoms with Gasteiger partial charge in [-0.05, 0) is 25.5 Å². The van der Waals surface area contributed by atoms with Gasteiger partial charge in [0.25, 0.3) is 0 Å². The zero-order chi connectivity index (χ0) is 19.2. The fourth-order valence-corrected chi connectivity index (χ4v) is 3.09. The van der Waals surface area contributed by atoms with Crippen LogP contribution in [-0.2, 0) is 9.53 Å². The van der Waals surface area contributed by atoms with Gasteiger partial charge in [-0.25, -0.2) is 9.48 Å². The lowest BCUT2D eigenvalue weighted by Gasteiger charge is -2.21. The number of carbonyl (C=O) groups is 2. The number of hydrogen-bond acceptors (Lipinski definition) is 4. The van der Waals surface area contributed by atoms with Crippen molar-refractivity contribution in [2.24, 2.45) is 0 Å². The van der Waals surface area contributed by atoms with Crippen molar-refractivity contribution < 1.29 is 14.3 Å². The number of amides is 3. The number of nitrogens with zero attached hydrogens (tertiary/aromatic N) is 4. The van der Waals surface area contributed by atoms with E-state index in [2.05, 4.69) is 10.4 Å². The van der Waals surface area contributed by atoms with Gasteiger partial charge >= 0.3 is 6.03 Å². The van der Waals surface area contributed by atoms with Crippen LogP contribution in [0.5, 0.6) is 0 Å². The average molecular weight is 371 g/mol. The van der Waals surface area contributed by atoms with E-state index in [1.54, 1.807) is 27.8 Å². The van der Waals surface area contributed by atoms with E-state index in [1.165, 1.54) is 0 Å². The topological polar surface area (TPSA) is 79.7 Å². The molecule has 1 aliphatic rings. The van der Waals surface area contributed by atoms with E-state index in [9.17, 15) is 9.59 Å². The summed E-state index contributed by atoms with van der Waals surface area (Å²) in [7, 11) is 1.61. The van der Waals surface area contributed by atoms with E-state index >= 15 is 0 Å². The highest BCUT2D eigenvalue weighted by Gasteiger charge is 2.25. The minimum absolute atomic E-state index is 0.0589. The summed E-state index contributed by atoms with van der Waals surface area (Å²) in [5.41, 5.74) is 2.39. The van der Waals surface area contributed by atoms with Crippen LogP contribution in [0.3, 0.4) is 0 Å². The Balaban J connectivity index is 1.65. The molecular weight excluding hydrogens is 346 g/mol. The molecule has 3 amide bonds. The second-order valence-electron chi connectivity index (χ2n) is 6.47. The minimum atomic E-state index is -0.285. The van der Waals surface area contributed by atoms with Crippen molar-refractivity contribution in [2.45, 2.75) is 13.3 Å². The maximum absolute atomic E-state index is 12.7. The molecular formula is C19H25N5O3. The highest BCUT2D eigenvalue weighted by molar-refractivity contribution is 5.93. The van der Waals surface area contributed by atoms with E-state index in [0.29, 0.717) is 31.9 Å². The molecule has 1 saturated heterocycles. The molecule has 8 heteroatoms. The number of urea groups is 1. The number of benzene rings is 1. The second-order valence-corrected chi connectivity index (χ2v) is 6.47. The lowest BCUT2D eigenvalue weighted by molar-refractivity contribution is -0.131. The number of hydrogen-bond donors (Lipinski definition) is 1. The molecule has 1 fully saturated rings. The predicted octanol–water partition coefficient (Wildman–Crippen LogP) is 1.89. The third-order valence-corrected chi connectivity index (χ3v) is 4.64. The summed E-state index contributed by atoms with van der Waals surface area (Å²) in [6.45, 7) is 4.19. The Morgan fingerprint density at radius 3 is 2.78 bits per heavy atom. The maximum atomic E-state index is 12.7. The van der Waals surface area contributed by atoms with Gasteiger partial charge < -0.3 is 19.9 Å². The van der Waals surface area contributed by atoms with Gasteiger partial charge in [-0.2, -0.15) is 5.10 Å². The lowest BCUT2D eigenvalue weighted by Crippen LogP contribution is -2.42. The summed E-state index contributed by atoms with van der Waals surface area (Å²) in [6, 6.07) is 9.44. The number of carbonyl (C=O) groups excluding carboxylic acids is 2. The van der Waals surface area contributed by atoms with Crippen LogP contribution in [0, 0.1) is 6.92 Å². The van der Waals surface area contributed by atoms with E-state index < -0.39 is 0 Å². The van der Waals surface area contributed by atoms with Gasteiger partial charge in [0.05, 0.1) is 29.9 Å². The number of aromatic nitrogens is 2. The minimum Gasteiger partial charge on any atom is -0.383 e. The van der Waals surface area contributed by atoms with Crippen molar-refractivity contribution in [1.82, 2.24) is 19.6 Å². The van der Waals surface area contributed by atoms with Gasteiger partial charge in [0, 0.05) is 26.7 Å². The van der Waals surface area contributed by atoms with Gasteiger partial charge in [-0.3, -0.25) is 4.79 Å². The molecule has 8 nitrogen and oxygen atoms in total. The van der Waals surface area contributed by atoms with Crippen molar-refractivity contribution in [3.05, 3.63) is 42.2 Å². The Morgan fingerprint density at radius 2 is 2.04 bits per heavy atom. The molecule has 0 unspecified atom stereocenters. The molecule has 0 atom stereocenters. The molecule has 2 aromatic rings. The van der Waals surface area contributed by atoms with Crippen LogP contribution < -0.4 is 5.32 Å². The Kier molecular flexibility index (Phi) is 6.08. The third-order valence-electron chi connectivity index (χ3n) is 4.64. The molecule has 3 rings (SSSR count). The summed E-state index contributed by atoms with van der Waals surface area (Å²) in [5, 5.41) is 7.24. The first-order chi connectivity index (χ1) is 13.1. The molecule has 144 valence electrons. The van der Waals surface area contributed by atoms with E-state index in [4.69, 9.17) is 4.74 Å². The Bertz CT molecular complexity index is 790. The fraction of sp³-hybridized carbons (Fsp3) is 0.421. The molecule has 0 aliphatic carbocycles. The summed E-state index contributed by atoms with van der Waals surface area (Å²) >= 11 is 0. The van der Waals surface area contributed by atoms with Crippen molar-refractivity contribution >= 4 is 17.6 Å². The van der Waals surface area contributed by atoms with Crippen molar-refractivity contribution in [2.75, 3.05) is 45.2 Å². The maximum Gasteiger partial charge on any atom is 0.322 e. The van der Waals surface area contributed by atoms with Crippen LogP contribution in [-0.4, -0.2) is 71.4 Å². The summed E-state index contributed by atoms with van der Waals surface area (Å²) in [4.78, 5) is 28.3. The third kappa shape index (κ3) is 4.46. The molecule has 1 aromatic carbocycles. The standard InChI is InChI=1S/C19H25N5O3/c1-15-17(13-20-24(15)16-7-4-3-5-8-16)21-19(26)23-10-6-9-22(11-12-27-2)18(25)14-23/h3-5,7-8,13H,6,9-12,14H2,1-2H3,(H,21,26). The van der Waals surface area contributed by atoms with Crippen LogP contribution >= 0.6 is 0 Å². The number of nitrogens with one attached hydrogen (secondary N) is 1. The van der Waals surface area contributed by atoms with Gasteiger partial charge in [0.15, 0.2) is 0 Å². The summed E-state index contributed by atoms with van der Waals surface area (Å²) in [6.07, 6.45) is 2.37. The number of para-hydroxylation sites is 1. The van der Waals surface area contributed by atoms with Crippen LogP contribution in [0.25, 0.3) is 5.69 Å². The van der Waals surface area contributed by atoms with Crippen molar-refractivity contribution in [3.63, 3.8) is 0 Å². The van der Waals surface area contributed by atoms with Crippen LogP contribution in [0.4, 0.5) is 10.5 Å².